The average Bonchev–Trinajstić information content (AvgIpc) is 2.34. The molecule has 0 fully saturated rings. The van der Waals surface area contributed by atoms with Gasteiger partial charge in [0.05, 0.1) is 18.0 Å². The Labute approximate surface area is 109 Å². The van der Waals surface area contributed by atoms with Crippen LogP contribution in [-0.4, -0.2) is 24.5 Å². The quantitative estimate of drug-likeness (QED) is 0.485. The monoisotopic (exact) mass is 324 g/mol. The number of benzene rings is 1. The van der Waals surface area contributed by atoms with Crippen LogP contribution in [0.15, 0.2) is 12.1 Å². The fourth-order valence-electron chi connectivity index (χ4n) is 1.40. The maximum atomic E-state index is 12.7. The number of ether oxygens (including phenoxy) is 1. The molecule has 0 aromatic heterocycles. The Bertz CT molecular complexity index is 483. The summed E-state index contributed by atoms with van der Waals surface area (Å²) in [7, 11) is 1.06. The fourth-order valence-corrected chi connectivity index (χ4v) is 1.70. The average molecular weight is 325 g/mol. The summed E-state index contributed by atoms with van der Waals surface area (Å²) in [6.45, 7) is 0. The number of carbonyl (C=O) groups is 2. The lowest BCUT2D eigenvalue weighted by Gasteiger charge is -2.14. The summed E-state index contributed by atoms with van der Waals surface area (Å²) in [6.07, 6.45) is -4.34. The summed E-state index contributed by atoms with van der Waals surface area (Å²) in [5.74, 6) is -1.10. The molecular weight excluding hydrogens is 317 g/mol. The number of rotatable bonds is 4. The summed E-state index contributed by atoms with van der Waals surface area (Å²) < 4.78 is 42.8. The summed E-state index contributed by atoms with van der Waals surface area (Å²) in [4.78, 5) is 22.2. The van der Waals surface area contributed by atoms with Crippen LogP contribution in [0.3, 0.4) is 0 Å². The van der Waals surface area contributed by atoms with Gasteiger partial charge in [0, 0.05) is 11.1 Å². The summed E-state index contributed by atoms with van der Waals surface area (Å²) >= 11 is 2.85. The number of halogens is 4. The second kappa shape index (κ2) is 5.51. The molecule has 3 nitrogen and oxygen atoms in total. The van der Waals surface area contributed by atoms with E-state index in [-0.39, 0.29) is 16.5 Å². The van der Waals surface area contributed by atoms with Gasteiger partial charge in [0.1, 0.15) is 5.75 Å². The maximum Gasteiger partial charge on any atom is 0.419 e. The third kappa shape index (κ3) is 2.90. The molecule has 0 aliphatic carbocycles. The van der Waals surface area contributed by atoms with E-state index in [4.69, 9.17) is 0 Å². The van der Waals surface area contributed by atoms with Crippen LogP contribution in [0.4, 0.5) is 13.2 Å². The van der Waals surface area contributed by atoms with Crippen molar-refractivity contribution in [2.75, 3.05) is 12.4 Å². The Balaban J connectivity index is 3.53. The fraction of sp³-hybridized carbons (Fsp3) is 0.273. The highest BCUT2D eigenvalue weighted by Gasteiger charge is 2.35. The van der Waals surface area contributed by atoms with Crippen molar-refractivity contribution >= 4 is 28.0 Å². The molecule has 0 heterocycles. The van der Waals surface area contributed by atoms with Crippen LogP contribution in [0.1, 0.15) is 26.3 Å². The second-order valence-electron chi connectivity index (χ2n) is 3.31. The highest BCUT2D eigenvalue weighted by molar-refractivity contribution is 9.09. The number of Topliss-reactive ketones (excluding diaryl/α,β-unsaturated/α-hetero) is 1. The number of methoxy groups -OCH3 is 1. The van der Waals surface area contributed by atoms with Crippen molar-refractivity contribution in [3.63, 3.8) is 0 Å². The number of hydrogen-bond acceptors (Lipinski definition) is 3. The van der Waals surface area contributed by atoms with Crippen LogP contribution >= 0.6 is 15.9 Å². The van der Waals surface area contributed by atoms with Crippen molar-refractivity contribution in [3.05, 3.63) is 28.8 Å². The Morgan fingerprint density at radius 2 is 2.06 bits per heavy atom. The summed E-state index contributed by atoms with van der Waals surface area (Å²) in [5.41, 5.74) is -1.50. The SMILES string of the molecule is COc1cc(C=O)c(C(=O)CBr)cc1C(F)(F)F. The van der Waals surface area contributed by atoms with E-state index in [9.17, 15) is 22.8 Å². The van der Waals surface area contributed by atoms with E-state index in [1.54, 1.807) is 0 Å². The predicted octanol–water partition coefficient (Wildman–Crippen LogP) is 3.10. The van der Waals surface area contributed by atoms with Gasteiger partial charge in [0.2, 0.25) is 0 Å². The molecule has 0 atom stereocenters. The van der Waals surface area contributed by atoms with Gasteiger partial charge in [0.25, 0.3) is 0 Å². The zero-order valence-corrected chi connectivity index (χ0v) is 10.8. The first-order chi connectivity index (χ1) is 8.35. The van der Waals surface area contributed by atoms with Crippen LogP contribution in [0, 0.1) is 0 Å². The molecule has 0 saturated carbocycles. The van der Waals surface area contributed by atoms with Crippen LogP contribution in [0.2, 0.25) is 0 Å². The molecule has 18 heavy (non-hydrogen) atoms. The number of aldehydes is 1. The molecule has 1 aromatic carbocycles. The molecule has 0 radical (unpaired) electrons. The first-order valence-corrected chi connectivity index (χ1v) is 5.80. The Morgan fingerprint density at radius 1 is 1.44 bits per heavy atom. The molecule has 0 unspecified atom stereocenters. The smallest absolute Gasteiger partial charge is 0.419 e. The first-order valence-electron chi connectivity index (χ1n) is 4.68. The van der Waals surface area contributed by atoms with E-state index >= 15 is 0 Å². The second-order valence-corrected chi connectivity index (χ2v) is 3.87. The minimum Gasteiger partial charge on any atom is -0.496 e. The third-order valence-electron chi connectivity index (χ3n) is 2.23. The van der Waals surface area contributed by atoms with Gasteiger partial charge in [-0.3, -0.25) is 9.59 Å². The maximum absolute atomic E-state index is 12.7. The van der Waals surface area contributed by atoms with Gasteiger partial charge < -0.3 is 4.74 Å². The van der Waals surface area contributed by atoms with Crippen LogP contribution in [0.25, 0.3) is 0 Å². The third-order valence-corrected chi connectivity index (χ3v) is 2.74. The van der Waals surface area contributed by atoms with Gasteiger partial charge in [-0.2, -0.15) is 13.2 Å². The van der Waals surface area contributed by atoms with Gasteiger partial charge in [-0.15, -0.1) is 0 Å². The lowest BCUT2D eigenvalue weighted by atomic mass is 10.0. The lowest BCUT2D eigenvalue weighted by molar-refractivity contribution is -0.138. The van der Waals surface area contributed by atoms with E-state index in [0.717, 1.165) is 13.2 Å². The van der Waals surface area contributed by atoms with Gasteiger partial charge in [0.15, 0.2) is 12.1 Å². The highest BCUT2D eigenvalue weighted by Crippen LogP contribution is 2.37. The van der Waals surface area contributed by atoms with Gasteiger partial charge in [-0.05, 0) is 12.1 Å². The molecule has 98 valence electrons. The summed E-state index contributed by atoms with van der Waals surface area (Å²) in [5, 5.41) is -0.169. The highest BCUT2D eigenvalue weighted by atomic mass is 79.9. The Morgan fingerprint density at radius 3 is 2.44 bits per heavy atom. The molecule has 0 aliphatic heterocycles. The normalized spacial score (nSPS) is 11.2. The number of alkyl halides is 4. The van der Waals surface area contributed by atoms with Gasteiger partial charge >= 0.3 is 6.18 Å². The van der Waals surface area contributed by atoms with Crippen molar-refractivity contribution in [2.45, 2.75) is 6.18 Å². The van der Waals surface area contributed by atoms with Crippen molar-refractivity contribution in [1.82, 2.24) is 0 Å². The topological polar surface area (TPSA) is 43.4 Å². The van der Waals surface area contributed by atoms with Crippen molar-refractivity contribution in [2.24, 2.45) is 0 Å². The molecule has 7 heteroatoms. The van der Waals surface area contributed by atoms with E-state index in [1.807, 2.05) is 0 Å². The molecule has 0 bridgehead atoms. The molecule has 1 rings (SSSR count). The van der Waals surface area contributed by atoms with E-state index < -0.39 is 23.3 Å². The molecular formula is C11H8BrF3O3. The Hall–Kier alpha value is -1.37. The molecule has 0 amide bonds. The van der Waals surface area contributed by atoms with Crippen molar-refractivity contribution < 1.29 is 27.5 Å². The number of carbonyl (C=O) groups excluding carboxylic acids is 2. The minimum absolute atomic E-state index is 0.135. The van der Waals surface area contributed by atoms with Gasteiger partial charge in [-0.25, -0.2) is 0 Å². The molecule has 0 aliphatic rings. The zero-order valence-electron chi connectivity index (χ0n) is 9.18. The van der Waals surface area contributed by atoms with Gasteiger partial charge in [-0.1, -0.05) is 15.9 Å². The number of ketones is 1. The van der Waals surface area contributed by atoms with E-state index in [1.165, 1.54) is 0 Å². The van der Waals surface area contributed by atoms with Crippen molar-refractivity contribution in [1.29, 1.82) is 0 Å². The van der Waals surface area contributed by atoms with Crippen LogP contribution in [-0.2, 0) is 6.18 Å². The van der Waals surface area contributed by atoms with E-state index in [2.05, 4.69) is 20.7 Å². The molecule has 0 N–H and O–H groups in total. The first kappa shape index (κ1) is 14.7. The van der Waals surface area contributed by atoms with Crippen LogP contribution in [0.5, 0.6) is 5.75 Å². The minimum atomic E-state index is -4.66. The van der Waals surface area contributed by atoms with E-state index in [0.29, 0.717) is 12.4 Å². The van der Waals surface area contributed by atoms with Crippen LogP contribution < -0.4 is 4.74 Å². The summed E-state index contributed by atoms with van der Waals surface area (Å²) in [6, 6.07) is 1.54. The Kier molecular flexibility index (Phi) is 4.50. The van der Waals surface area contributed by atoms with Crippen molar-refractivity contribution in [3.8, 4) is 5.75 Å². The largest absolute Gasteiger partial charge is 0.496 e. The lowest BCUT2D eigenvalue weighted by Crippen LogP contribution is -2.12. The standard InChI is InChI=1S/C11H8BrF3O3/c1-18-10-2-6(5-16)7(9(17)4-12)3-8(10)11(13,14)15/h2-3,5H,4H2,1H3. The molecule has 0 spiro atoms. The predicted molar refractivity (Wildman–Crippen MR) is 61.5 cm³/mol. The molecule has 0 saturated heterocycles. The number of hydrogen-bond donors (Lipinski definition) is 0. The zero-order chi connectivity index (χ0) is 13.9. The molecule has 1 aromatic rings.